The summed E-state index contributed by atoms with van der Waals surface area (Å²) >= 11 is 18.9. The van der Waals surface area contributed by atoms with E-state index in [1.54, 1.807) is 29.2 Å². The van der Waals surface area contributed by atoms with Gasteiger partial charge in [0.05, 0.1) is 6.42 Å². The fraction of sp³-hybridized carbons (Fsp3) is 0.391. The average Bonchev–Trinajstić information content (AvgIpc) is 2.72. The Morgan fingerprint density at radius 2 is 1.60 bits per heavy atom. The van der Waals surface area contributed by atoms with E-state index in [4.69, 9.17) is 34.8 Å². The van der Waals surface area contributed by atoms with Gasteiger partial charge < -0.3 is 10.2 Å². The van der Waals surface area contributed by atoms with E-state index < -0.39 is 6.04 Å². The molecule has 0 aliphatic carbocycles. The summed E-state index contributed by atoms with van der Waals surface area (Å²) in [5, 5.41) is 4.34. The van der Waals surface area contributed by atoms with Crippen LogP contribution in [-0.2, 0) is 22.6 Å². The molecule has 0 spiro atoms. The van der Waals surface area contributed by atoms with Gasteiger partial charge in [0.25, 0.3) is 0 Å². The molecule has 0 radical (unpaired) electrons. The van der Waals surface area contributed by atoms with Crippen LogP contribution in [0.15, 0.2) is 42.5 Å². The molecule has 0 fully saturated rings. The molecular weight excluding hydrogens is 443 g/mol. The van der Waals surface area contributed by atoms with Crippen molar-refractivity contribution in [3.63, 3.8) is 0 Å². The summed E-state index contributed by atoms with van der Waals surface area (Å²) in [6, 6.07) is 11.8. The van der Waals surface area contributed by atoms with E-state index in [9.17, 15) is 9.59 Å². The van der Waals surface area contributed by atoms with Gasteiger partial charge in [0.2, 0.25) is 11.8 Å². The molecule has 0 aliphatic heterocycles. The Morgan fingerprint density at radius 3 is 2.20 bits per heavy atom. The molecule has 7 heteroatoms. The molecule has 0 saturated carbocycles. The molecule has 4 nitrogen and oxygen atoms in total. The van der Waals surface area contributed by atoms with Crippen LogP contribution >= 0.6 is 34.8 Å². The van der Waals surface area contributed by atoms with Gasteiger partial charge in [-0.1, -0.05) is 79.3 Å². The number of rotatable bonds is 10. The Balaban J connectivity index is 2.32. The number of hydrogen-bond acceptors (Lipinski definition) is 2. The molecule has 1 atom stereocenters. The SMILES string of the molecule is CCCCNC(=O)[C@H](CC)N(Cc1ccccc1Cl)C(=O)Cc1c(Cl)cccc1Cl. The highest BCUT2D eigenvalue weighted by atomic mass is 35.5. The lowest BCUT2D eigenvalue weighted by Crippen LogP contribution is -2.49. The smallest absolute Gasteiger partial charge is 0.242 e. The number of carbonyl (C=O) groups is 2. The normalized spacial score (nSPS) is 11.8. The number of halogens is 3. The van der Waals surface area contributed by atoms with Crippen LogP contribution in [0.25, 0.3) is 0 Å². The third-order valence-corrected chi connectivity index (χ3v) is 5.98. The monoisotopic (exact) mass is 468 g/mol. The Morgan fingerprint density at radius 1 is 0.967 bits per heavy atom. The molecule has 0 heterocycles. The molecule has 30 heavy (non-hydrogen) atoms. The third kappa shape index (κ3) is 6.63. The first kappa shape index (κ1) is 24.5. The highest BCUT2D eigenvalue weighted by molar-refractivity contribution is 6.36. The zero-order chi connectivity index (χ0) is 22.1. The lowest BCUT2D eigenvalue weighted by molar-refractivity contribution is -0.140. The van der Waals surface area contributed by atoms with Gasteiger partial charge in [0.1, 0.15) is 6.04 Å². The molecule has 2 amide bonds. The lowest BCUT2D eigenvalue weighted by Gasteiger charge is -2.31. The van der Waals surface area contributed by atoms with Crippen LogP contribution in [0.5, 0.6) is 0 Å². The molecular formula is C23H27Cl3N2O2. The van der Waals surface area contributed by atoms with Gasteiger partial charge in [-0.15, -0.1) is 0 Å². The summed E-state index contributed by atoms with van der Waals surface area (Å²) < 4.78 is 0. The average molecular weight is 470 g/mol. The maximum atomic E-state index is 13.4. The van der Waals surface area contributed by atoms with Crippen LogP contribution in [-0.4, -0.2) is 29.3 Å². The van der Waals surface area contributed by atoms with E-state index in [1.165, 1.54) is 0 Å². The van der Waals surface area contributed by atoms with E-state index in [0.717, 1.165) is 18.4 Å². The highest BCUT2D eigenvalue weighted by Gasteiger charge is 2.29. The van der Waals surface area contributed by atoms with Crippen LogP contribution < -0.4 is 5.32 Å². The largest absolute Gasteiger partial charge is 0.354 e. The number of nitrogens with one attached hydrogen (secondary N) is 1. The van der Waals surface area contributed by atoms with Crippen LogP contribution in [0.1, 0.15) is 44.2 Å². The second-order valence-corrected chi connectivity index (χ2v) is 8.28. The van der Waals surface area contributed by atoms with Crippen molar-refractivity contribution in [3.05, 3.63) is 68.7 Å². The number of carbonyl (C=O) groups excluding carboxylic acids is 2. The molecule has 0 aromatic heterocycles. The van der Waals surface area contributed by atoms with Crippen LogP contribution in [0.4, 0.5) is 0 Å². The van der Waals surface area contributed by atoms with E-state index in [-0.39, 0.29) is 24.8 Å². The zero-order valence-corrected chi connectivity index (χ0v) is 19.5. The predicted octanol–water partition coefficient (Wildman–Crippen LogP) is 5.91. The molecule has 2 aromatic carbocycles. The molecule has 0 bridgehead atoms. The van der Waals surface area contributed by atoms with Gasteiger partial charge >= 0.3 is 0 Å². The van der Waals surface area contributed by atoms with Gasteiger partial charge in [-0.2, -0.15) is 0 Å². The first-order chi connectivity index (χ1) is 14.4. The molecule has 1 N–H and O–H groups in total. The summed E-state index contributed by atoms with van der Waals surface area (Å²) in [7, 11) is 0. The second-order valence-electron chi connectivity index (χ2n) is 7.06. The van der Waals surface area contributed by atoms with Crippen LogP contribution in [0.3, 0.4) is 0 Å². The molecule has 0 saturated heterocycles. The Kier molecular flexibility index (Phi) is 9.96. The minimum Gasteiger partial charge on any atom is -0.354 e. The molecule has 0 aliphatic rings. The topological polar surface area (TPSA) is 49.4 Å². The van der Waals surface area contributed by atoms with Crippen molar-refractivity contribution in [1.82, 2.24) is 10.2 Å². The molecule has 162 valence electrons. The summed E-state index contributed by atoms with van der Waals surface area (Å²) in [6.45, 7) is 4.75. The second kappa shape index (κ2) is 12.2. The fourth-order valence-electron chi connectivity index (χ4n) is 3.19. The number of unbranched alkanes of at least 4 members (excludes halogenated alkanes) is 1. The lowest BCUT2D eigenvalue weighted by atomic mass is 10.1. The van der Waals surface area contributed by atoms with Gasteiger partial charge in [0, 0.05) is 28.2 Å². The van der Waals surface area contributed by atoms with Crippen LogP contribution in [0, 0.1) is 0 Å². The number of benzene rings is 2. The predicted molar refractivity (Wildman–Crippen MR) is 124 cm³/mol. The molecule has 2 aromatic rings. The molecule has 2 rings (SSSR count). The quantitative estimate of drug-likeness (QED) is 0.440. The van der Waals surface area contributed by atoms with Crippen molar-refractivity contribution in [2.45, 2.75) is 52.1 Å². The minimum atomic E-state index is -0.619. The summed E-state index contributed by atoms with van der Waals surface area (Å²) in [6.07, 6.45) is 2.34. The number of amides is 2. The van der Waals surface area contributed by atoms with Gasteiger partial charge in [-0.05, 0) is 42.2 Å². The van der Waals surface area contributed by atoms with Crippen molar-refractivity contribution in [1.29, 1.82) is 0 Å². The van der Waals surface area contributed by atoms with E-state index in [0.29, 0.717) is 33.6 Å². The first-order valence-corrected chi connectivity index (χ1v) is 11.3. The number of nitrogens with zero attached hydrogens (tertiary/aromatic N) is 1. The standard InChI is InChI=1S/C23H27Cl3N2O2/c1-3-5-13-27-23(30)21(4-2)28(15-16-9-6-7-10-18(16)24)22(29)14-17-19(25)11-8-12-20(17)26/h6-12,21H,3-5,13-15H2,1-2H3,(H,27,30)/t21-/m0/s1. The molecule has 0 unspecified atom stereocenters. The van der Waals surface area contributed by atoms with Crippen molar-refractivity contribution >= 4 is 46.6 Å². The van der Waals surface area contributed by atoms with E-state index >= 15 is 0 Å². The third-order valence-electron chi connectivity index (χ3n) is 4.90. The number of hydrogen-bond donors (Lipinski definition) is 1. The summed E-state index contributed by atoms with van der Waals surface area (Å²) in [5.74, 6) is -0.404. The highest BCUT2D eigenvalue weighted by Crippen LogP contribution is 2.27. The van der Waals surface area contributed by atoms with Crippen molar-refractivity contribution in [3.8, 4) is 0 Å². The summed E-state index contributed by atoms with van der Waals surface area (Å²) in [5.41, 5.74) is 1.33. The van der Waals surface area contributed by atoms with E-state index in [2.05, 4.69) is 12.2 Å². The van der Waals surface area contributed by atoms with Crippen molar-refractivity contribution < 1.29 is 9.59 Å². The Labute approximate surface area is 193 Å². The maximum absolute atomic E-state index is 13.4. The summed E-state index contributed by atoms with van der Waals surface area (Å²) in [4.78, 5) is 27.8. The maximum Gasteiger partial charge on any atom is 0.242 e. The van der Waals surface area contributed by atoms with E-state index in [1.807, 2.05) is 25.1 Å². The fourth-order valence-corrected chi connectivity index (χ4v) is 3.92. The first-order valence-electron chi connectivity index (χ1n) is 10.1. The van der Waals surface area contributed by atoms with Crippen molar-refractivity contribution in [2.75, 3.05) is 6.54 Å². The van der Waals surface area contributed by atoms with Gasteiger partial charge in [-0.25, -0.2) is 0 Å². The zero-order valence-electron chi connectivity index (χ0n) is 17.3. The van der Waals surface area contributed by atoms with Gasteiger partial charge in [0.15, 0.2) is 0 Å². The Hall–Kier alpha value is -1.75. The van der Waals surface area contributed by atoms with Crippen molar-refractivity contribution in [2.24, 2.45) is 0 Å². The van der Waals surface area contributed by atoms with Crippen LogP contribution in [0.2, 0.25) is 15.1 Å². The Bertz CT molecular complexity index is 853. The van der Waals surface area contributed by atoms with Gasteiger partial charge in [-0.3, -0.25) is 9.59 Å². The minimum absolute atomic E-state index is 0.00169.